The Bertz CT molecular complexity index is 1140. The van der Waals surface area contributed by atoms with Crippen molar-refractivity contribution in [3.8, 4) is 10.4 Å². The number of carbonyl (C=O) groups excluding carboxylic acids is 2. The first kappa shape index (κ1) is 26.4. The Hall–Kier alpha value is -3.23. The molecule has 0 radical (unpaired) electrons. The molecule has 0 unspecified atom stereocenters. The third-order valence-corrected chi connectivity index (χ3v) is 6.85. The molecule has 0 atom stereocenters. The zero-order chi connectivity index (χ0) is 25.4. The highest BCUT2D eigenvalue weighted by Crippen LogP contribution is 2.36. The average Bonchev–Trinajstić information content (AvgIpc) is 3.18. The van der Waals surface area contributed by atoms with Gasteiger partial charge in [-0.25, -0.2) is 4.99 Å². The number of amidine groups is 1. The van der Waals surface area contributed by atoms with Crippen LogP contribution >= 0.6 is 11.3 Å². The van der Waals surface area contributed by atoms with Gasteiger partial charge in [-0.3, -0.25) is 9.59 Å². The number of aldehydes is 1. The summed E-state index contributed by atoms with van der Waals surface area (Å²) in [6.45, 7) is 6.15. The van der Waals surface area contributed by atoms with Crippen molar-refractivity contribution < 1.29 is 14.7 Å². The highest BCUT2D eigenvalue weighted by Gasteiger charge is 2.21. The number of aliphatic hydroxyl groups is 1. The van der Waals surface area contributed by atoms with E-state index >= 15 is 0 Å². The van der Waals surface area contributed by atoms with Gasteiger partial charge in [-0.2, -0.15) is 0 Å². The minimum atomic E-state index is 0.0141. The standard InChI is InChI=1S/C27H34N4O3S/c1-4-9-31(10-5-2)27(34)21-14-19-6-7-20(15-23(19)29-26(28)17-21)25-16-22(18-33)24(35-25)8-11-30(3)12-13-32/h6-8,11,14-16,18,32H,4-5,9-10,12-13,17H2,1-3H3,(H2,28,29)/b11-8-. The van der Waals surface area contributed by atoms with Gasteiger partial charge in [-0.15, -0.1) is 11.3 Å². The second-order valence-corrected chi connectivity index (χ2v) is 9.67. The van der Waals surface area contributed by atoms with Gasteiger partial charge in [0.25, 0.3) is 0 Å². The SMILES string of the molecule is CCCN(CCC)C(=O)C1=Cc2ccc(-c3cc(C=O)c(/C=C\N(C)CCO)s3)cc2N=C(N)C1. The molecule has 3 N–H and O–H groups in total. The molecule has 1 aromatic carbocycles. The van der Waals surface area contributed by atoms with Crippen LogP contribution in [0.4, 0.5) is 5.69 Å². The van der Waals surface area contributed by atoms with E-state index in [1.54, 1.807) is 0 Å². The van der Waals surface area contributed by atoms with Crippen LogP contribution in [-0.4, -0.2) is 66.2 Å². The Morgan fingerprint density at radius 1 is 1.20 bits per heavy atom. The molecular weight excluding hydrogens is 460 g/mol. The van der Waals surface area contributed by atoms with Crippen LogP contribution in [0.15, 0.2) is 41.0 Å². The lowest BCUT2D eigenvalue weighted by Crippen LogP contribution is -2.34. The van der Waals surface area contributed by atoms with Crippen LogP contribution in [0.25, 0.3) is 22.6 Å². The summed E-state index contributed by atoms with van der Waals surface area (Å²) in [5, 5.41) is 9.07. The van der Waals surface area contributed by atoms with Crippen LogP contribution in [0.2, 0.25) is 0 Å². The maximum atomic E-state index is 13.2. The molecule has 1 aliphatic rings. The zero-order valence-corrected chi connectivity index (χ0v) is 21.5. The Labute approximate surface area is 211 Å². The fourth-order valence-corrected chi connectivity index (χ4v) is 4.97. The van der Waals surface area contributed by atoms with Crippen molar-refractivity contribution in [2.24, 2.45) is 10.7 Å². The van der Waals surface area contributed by atoms with Gasteiger partial charge in [0.2, 0.25) is 5.91 Å². The number of rotatable bonds is 11. The number of benzene rings is 1. The number of hydrogen-bond donors (Lipinski definition) is 2. The third-order valence-electron chi connectivity index (χ3n) is 5.68. The van der Waals surface area contributed by atoms with Crippen LogP contribution in [0.5, 0.6) is 0 Å². The van der Waals surface area contributed by atoms with Crippen LogP contribution in [0.3, 0.4) is 0 Å². The van der Waals surface area contributed by atoms with Crippen molar-refractivity contribution in [3.63, 3.8) is 0 Å². The van der Waals surface area contributed by atoms with E-state index in [9.17, 15) is 9.59 Å². The van der Waals surface area contributed by atoms with Crippen molar-refractivity contribution in [2.75, 3.05) is 33.3 Å². The van der Waals surface area contributed by atoms with Gasteiger partial charge >= 0.3 is 0 Å². The summed E-state index contributed by atoms with van der Waals surface area (Å²) in [7, 11) is 1.87. The average molecular weight is 495 g/mol. The summed E-state index contributed by atoms with van der Waals surface area (Å²) in [4.78, 5) is 35.0. The van der Waals surface area contributed by atoms with E-state index in [0.29, 0.717) is 35.6 Å². The molecule has 0 fully saturated rings. The molecule has 8 heteroatoms. The number of nitrogens with two attached hydrogens (primary N) is 1. The molecule has 0 bridgehead atoms. The van der Waals surface area contributed by atoms with Gasteiger partial charge in [-0.05, 0) is 42.7 Å². The molecule has 0 saturated heterocycles. The first-order chi connectivity index (χ1) is 16.9. The van der Waals surface area contributed by atoms with E-state index in [-0.39, 0.29) is 12.5 Å². The van der Waals surface area contributed by atoms with E-state index < -0.39 is 0 Å². The highest BCUT2D eigenvalue weighted by atomic mass is 32.1. The van der Waals surface area contributed by atoms with Crippen LogP contribution in [0, 0.1) is 0 Å². The van der Waals surface area contributed by atoms with E-state index in [2.05, 4.69) is 18.8 Å². The summed E-state index contributed by atoms with van der Waals surface area (Å²) in [6, 6.07) is 7.76. The monoisotopic (exact) mass is 494 g/mol. The molecule has 186 valence electrons. The first-order valence-electron chi connectivity index (χ1n) is 12.0. The maximum absolute atomic E-state index is 13.2. The van der Waals surface area contributed by atoms with Gasteiger partial charge < -0.3 is 20.6 Å². The van der Waals surface area contributed by atoms with E-state index in [1.807, 2.05) is 59.5 Å². The summed E-state index contributed by atoms with van der Waals surface area (Å²) in [5.41, 5.74) is 9.97. The van der Waals surface area contributed by atoms with Crippen molar-refractivity contribution in [3.05, 3.63) is 52.0 Å². The Morgan fingerprint density at radius 3 is 2.60 bits per heavy atom. The van der Waals surface area contributed by atoms with Gasteiger partial charge in [0, 0.05) is 65.8 Å². The fraction of sp³-hybridized carbons (Fsp3) is 0.370. The largest absolute Gasteiger partial charge is 0.395 e. The molecule has 0 saturated carbocycles. The summed E-state index contributed by atoms with van der Waals surface area (Å²) in [5.74, 6) is 0.420. The summed E-state index contributed by atoms with van der Waals surface area (Å²) in [6.07, 6.45) is 8.61. The van der Waals surface area contributed by atoms with Crippen molar-refractivity contribution >= 4 is 47.2 Å². The van der Waals surface area contributed by atoms with Crippen LogP contribution in [0.1, 0.15) is 53.9 Å². The molecule has 35 heavy (non-hydrogen) atoms. The topological polar surface area (TPSA) is 99.2 Å². The molecule has 3 rings (SSSR count). The number of aliphatic hydroxyl groups excluding tert-OH is 1. The number of carbonyl (C=O) groups is 2. The zero-order valence-electron chi connectivity index (χ0n) is 20.7. The summed E-state index contributed by atoms with van der Waals surface area (Å²) >= 11 is 1.51. The minimum absolute atomic E-state index is 0.0141. The number of aliphatic imine (C=N–C) groups is 1. The molecule has 1 amide bonds. The molecule has 1 aromatic heterocycles. The number of amides is 1. The van der Waals surface area contributed by atoms with Crippen molar-refractivity contribution in [1.82, 2.24) is 9.80 Å². The smallest absolute Gasteiger partial charge is 0.250 e. The predicted octanol–water partition coefficient (Wildman–Crippen LogP) is 4.55. The molecule has 7 nitrogen and oxygen atoms in total. The third kappa shape index (κ3) is 6.68. The molecule has 1 aliphatic heterocycles. The summed E-state index contributed by atoms with van der Waals surface area (Å²) < 4.78 is 0. The predicted molar refractivity (Wildman–Crippen MR) is 145 cm³/mol. The first-order valence-corrected chi connectivity index (χ1v) is 12.8. The molecule has 2 heterocycles. The Balaban J connectivity index is 1.93. The lowest BCUT2D eigenvalue weighted by Gasteiger charge is -2.22. The Morgan fingerprint density at radius 2 is 1.94 bits per heavy atom. The maximum Gasteiger partial charge on any atom is 0.250 e. The molecule has 0 aliphatic carbocycles. The second kappa shape index (κ2) is 12.5. The molecule has 2 aromatic rings. The fourth-order valence-electron chi connectivity index (χ4n) is 3.95. The lowest BCUT2D eigenvalue weighted by atomic mass is 10.0. The van der Waals surface area contributed by atoms with Crippen LogP contribution < -0.4 is 5.73 Å². The van der Waals surface area contributed by atoms with Gasteiger partial charge in [0.1, 0.15) is 5.84 Å². The Kier molecular flexibility index (Phi) is 9.39. The van der Waals surface area contributed by atoms with Gasteiger partial charge in [0.05, 0.1) is 12.3 Å². The number of likely N-dealkylation sites (N-methyl/N-ethyl adjacent to an activating group) is 1. The van der Waals surface area contributed by atoms with Crippen molar-refractivity contribution in [1.29, 1.82) is 0 Å². The highest BCUT2D eigenvalue weighted by molar-refractivity contribution is 7.16. The van der Waals surface area contributed by atoms with E-state index in [4.69, 9.17) is 10.8 Å². The number of hydrogen-bond acceptors (Lipinski definition) is 7. The van der Waals surface area contributed by atoms with E-state index in [1.165, 1.54) is 11.3 Å². The number of thiophene rings is 1. The van der Waals surface area contributed by atoms with E-state index in [0.717, 1.165) is 53.1 Å². The number of fused-ring (bicyclic) bond motifs is 1. The minimum Gasteiger partial charge on any atom is -0.395 e. The second-order valence-electron chi connectivity index (χ2n) is 8.58. The quantitative estimate of drug-likeness (QED) is 0.447. The van der Waals surface area contributed by atoms with Gasteiger partial charge in [-0.1, -0.05) is 26.0 Å². The van der Waals surface area contributed by atoms with Crippen LogP contribution in [-0.2, 0) is 4.79 Å². The molecule has 0 spiro atoms. The normalized spacial score (nSPS) is 13.1. The van der Waals surface area contributed by atoms with Gasteiger partial charge in [0.15, 0.2) is 6.29 Å². The number of nitrogens with zero attached hydrogens (tertiary/aromatic N) is 3. The van der Waals surface area contributed by atoms with Crippen molar-refractivity contribution in [2.45, 2.75) is 33.1 Å². The lowest BCUT2D eigenvalue weighted by molar-refractivity contribution is -0.127. The molecular formula is C27H34N4O3S.